The fraction of sp³-hybridized carbons (Fsp3) is 0.391. The highest BCUT2D eigenvalue weighted by atomic mass is 35.5. The van der Waals surface area contributed by atoms with Crippen LogP contribution < -0.4 is 19.5 Å². The molecule has 168 valence electrons. The predicted octanol–water partition coefficient (Wildman–Crippen LogP) is 3.68. The zero-order chi connectivity index (χ0) is 23.0. The molecule has 0 radical (unpaired) electrons. The minimum absolute atomic E-state index is 0.0390. The van der Waals surface area contributed by atoms with Crippen LogP contribution in [-0.2, 0) is 16.1 Å². The van der Waals surface area contributed by atoms with Gasteiger partial charge >= 0.3 is 0 Å². The van der Waals surface area contributed by atoms with E-state index in [1.807, 2.05) is 26.0 Å². The number of hydrogen-bond acceptors (Lipinski definition) is 5. The smallest absolute Gasteiger partial charge is 0.261 e. The van der Waals surface area contributed by atoms with Gasteiger partial charge in [0.05, 0.1) is 14.2 Å². The summed E-state index contributed by atoms with van der Waals surface area (Å²) >= 11 is 5.96. The van der Waals surface area contributed by atoms with E-state index in [1.165, 1.54) is 19.1 Å². The van der Waals surface area contributed by atoms with Gasteiger partial charge in [-0.1, -0.05) is 23.7 Å². The zero-order valence-corrected chi connectivity index (χ0v) is 19.2. The van der Waals surface area contributed by atoms with Gasteiger partial charge in [-0.15, -0.1) is 0 Å². The van der Waals surface area contributed by atoms with E-state index in [0.717, 1.165) is 5.56 Å². The van der Waals surface area contributed by atoms with Gasteiger partial charge in [0.1, 0.15) is 23.3 Å². The molecule has 31 heavy (non-hydrogen) atoms. The third-order valence-electron chi connectivity index (χ3n) is 4.55. The maximum absolute atomic E-state index is 13.1. The molecule has 0 saturated carbocycles. The van der Waals surface area contributed by atoms with Crippen LogP contribution >= 0.6 is 11.6 Å². The SMILES string of the molecule is COc1cc(OC)cc(OCC(=O)N(Cc2ccc(Cl)cc2)C(C)C(=O)NC(C)C)c1. The minimum Gasteiger partial charge on any atom is -0.496 e. The van der Waals surface area contributed by atoms with Gasteiger partial charge < -0.3 is 24.4 Å². The van der Waals surface area contributed by atoms with Crippen molar-refractivity contribution in [2.45, 2.75) is 39.4 Å². The van der Waals surface area contributed by atoms with Crippen LogP contribution in [0.25, 0.3) is 0 Å². The number of hydrogen-bond donors (Lipinski definition) is 1. The minimum atomic E-state index is -0.686. The van der Waals surface area contributed by atoms with E-state index in [9.17, 15) is 9.59 Å². The maximum atomic E-state index is 13.1. The summed E-state index contributed by atoms with van der Waals surface area (Å²) in [6.45, 7) is 5.43. The van der Waals surface area contributed by atoms with Crippen LogP contribution in [0, 0.1) is 0 Å². The molecule has 0 aromatic heterocycles. The van der Waals surface area contributed by atoms with E-state index in [4.69, 9.17) is 25.8 Å². The van der Waals surface area contributed by atoms with E-state index in [0.29, 0.717) is 22.3 Å². The van der Waals surface area contributed by atoms with Crippen molar-refractivity contribution < 1.29 is 23.8 Å². The maximum Gasteiger partial charge on any atom is 0.261 e. The average Bonchev–Trinajstić information content (AvgIpc) is 2.75. The number of carbonyl (C=O) groups is 2. The standard InChI is InChI=1S/C23H29ClN2O5/c1-15(2)25-23(28)16(3)26(13-17-6-8-18(24)9-7-17)22(27)14-31-21-11-19(29-4)10-20(12-21)30-5/h6-12,15-16H,13-14H2,1-5H3,(H,25,28). The molecule has 2 rings (SSSR count). The third kappa shape index (κ3) is 7.36. The zero-order valence-electron chi connectivity index (χ0n) is 18.5. The predicted molar refractivity (Wildman–Crippen MR) is 120 cm³/mol. The number of methoxy groups -OCH3 is 2. The molecule has 1 unspecified atom stereocenters. The van der Waals surface area contributed by atoms with Gasteiger partial charge in [-0.2, -0.15) is 0 Å². The summed E-state index contributed by atoms with van der Waals surface area (Å²) in [5.74, 6) is 0.952. The molecule has 2 aromatic carbocycles. The molecule has 7 nitrogen and oxygen atoms in total. The number of carbonyl (C=O) groups excluding carboxylic acids is 2. The highest BCUT2D eigenvalue weighted by Gasteiger charge is 2.27. The Balaban J connectivity index is 2.18. The quantitative estimate of drug-likeness (QED) is 0.600. The van der Waals surface area contributed by atoms with Crippen LogP contribution in [-0.4, -0.2) is 49.6 Å². The number of amides is 2. The molecule has 1 atom stereocenters. The van der Waals surface area contributed by atoms with Gasteiger partial charge in [0.25, 0.3) is 5.91 Å². The van der Waals surface area contributed by atoms with Gasteiger partial charge in [-0.25, -0.2) is 0 Å². The molecule has 0 bridgehead atoms. The highest BCUT2D eigenvalue weighted by molar-refractivity contribution is 6.30. The molecular formula is C23H29ClN2O5. The molecule has 0 heterocycles. The second-order valence-electron chi connectivity index (χ2n) is 7.32. The Kier molecular flexibility index (Phi) is 9.00. The van der Waals surface area contributed by atoms with Crippen molar-refractivity contribution in [2.24, 2.45) is 0 Å². The van der Waals surface area contributed by atoms with Crippen LogP contribution in [0.1, 0.15) is 26.3 Å². The molecule has 2 amide bonds. The lowest BCUT2D eigenvalue weighted by Gasteiger charge is -2.29. The van der Waals surface area contributed by atoms with Gasteiger partial charge in [-0.05, 0) is 38.5 Å². The van der Waals surface area contributed by atoms with E-state index in [2.05, 4.69) is 5.32 Å². The molecular weight excluding hydrogens is 420 g/mol. The van der Waals surface area contributed by atoms with Crippen LogP contribution in [0.4, 0.5) is 0 Å². The van der Waals surface area contributed by atoms with Gasteiger partial charge in [0, 0.05) is 35.8 Å². The first kappa shape index (κ1) is 24.3. The lowest BCUT2D eigenvalue weighted by Crippen LogP contribution is -2.50. The number of ether oxygens (including phenoxy) is 3. The molecule has 1 N–H and O–H groups in total. The third-order valence-corrected chi connectivity index (χ3v) is 4.80. The van der Waals surface area contributed by atoms with Crippen molar-refractivity contribution in [3.05, 3.63) is 53.1 Å². The lowest BCUT2D eigenvalue weighted by atomic mass is 10.1. The first-order valence-electron chi connectivity index (χ1n) is 9.93. The summed E-state index contributed by atoms with van der Waals surface area (Å²) in [5, 5.41) is 3.45. The molecule has 8 heteroatoms. The number of halogens is 1. The Morgan fingerprint density at radius 3 is 2.03 bits per heavy atom. The molecule has 0 saturated heterocycles. The largest absolute Gasteiger partial charge is 0.496 e. The molecule has 2 aromatic rings. The molecule has 0 aliphatic heterocycles. The Hall–Kier alpha value is -2.93. The Morgan fingerprint density at radius 2 is 1.52 bits per heavy atom. The molecule has 0 aliphatic carbocycles. The molecule has 0 aliphatic rings. The van der Waals surface area contributed by atoms with E-state index in [1.54, 1.807) is 37.3 Å². The van der Waals surface area contributed by atoms with Crippen molar-refractivity contribution in [1.82, 2.24) is 10.2 Å². The topological polar surface area (TPSA) is 77.1 Å². The lowest BCUT2D eigenvalue weighted by molar-refractivity contribution is -0.142. The fourth-order valence-electron chi connectivity index (χ4n) is 2.87. The highest BCUT2D eigenvalue weighted by Crippen LogP contribution is 2.27. The number of nitrogens with zero attached hydrogens (tertiary/aromatic N) is 1. The van der Waals surface area contributed by atoms with Crippen LogP contribution in [0.2, 0.25) is 5.02 Å². The van der Waals surface area contributed by atoms with E-state index in [-0.39, 0.29) is 31.0 Å². The van der Waals surface area contributed by atoms with Crippen molar-refractivity contribution in [3.8, 4) is 17.2 Å². The van der Waals surface area contributed by atoms with Gasteiger partial charge in [-0.3, -0.25) is 9.59 Å². The van der Waals surface area contributed by atoms with E-state index < -0.39 is 6.04 Å². The first-order chi connectivity index (χ1) is 14.7. The number of rotatable bonds is 10. The van der Waals surface area contributed by atoms with Crippen LogP contribution in [0.15, 0.2) is 42.5 Å². The average molecular weight is 449 g/mol. The Bertz CT molecular complexity index is 864. The van der Waals surface area contributed by atoms with Crippen LogP contribution in [0.3, 0.4) is 0 Å². The number of nitrogens with one attached hydrogen (secondary N) is 1. The summed E-state index contributed by atoms with van der Waals surface area (Å²) < 4.78 is 16.2. The summed E-state index contributed by atoms with van der Waals surface area (Å²) in [6, 6.07) is 11.4. The van der Waals surface area contributed by atoms with Gasteiger partial charge in [0.2, 0.25) is 5.91 Å². The summed E-state index contributed by atoms with van der Waals surface area (Å²) in [4.78, 5) is 27.1. The van der Waals surface area contributed by atoms with Gasteiger partial charge in [0.15, 0.2) is 6.61 Å². The Labute approximate surface area is 188 Å². The van der Waals surface area contributed by atoms with Crippen molar-refractivity contribution in [2.75, 3.05) is 20.8 Å². The fourth-order valence-corrected chi connectivity index (χ4v) is 2.99. The summed E-state index contributed by atoms with van der Waals surface area (Å²) in [5.41, 5.74) is 0.852. The molecule has 0 spiro atoms. The van der Waals surface area contributed by atoms with Crippen molar-refractivity contribution >= 4 is 23.4 Å². The normalized spacial score (nSPS) is 11.6. The second kappa shape index (κ2) is 11.5. The van der Waals surface area contributed by atoms with Crippen molar-refractivity contribution in [1.29, 1.82) is 0 Å². The summed E-state index contributed by atoms with van der Waals surface area (Å²) in [6.07, 6.45) is 0. The first-order valence-corrected chi connectivity index (χ1v) is 10.3. The monoisotopic (exact) mass is 448 g/mol. The Morgan fingerprint density at radius 1 is 0.968 bits per heavy atom. The van der Waals surface area contributed by atoms with E-state index >= 15 is 0 Å². The van der Waals surface area contributed by atoms with Crippen molar-refractivity contribution in [3.63, 3.8) is 0 Å². The molecule has 0 fully saturated rings. The number of benzene rings is 2. The second-order valence-corrected chi connectivity index (χ2v) is 7.76. The van der Waals surface area contributed by atoms with Crippen LogP contribution in [0.5, 0.6) is 17.2 Å². The summed E-state index contributed by atoms with van der Waals surface area (Å²) in [7, 11) is 3.07.